The van der Waals surface area contributed by atoms with E-state index in [2.05, 4.69) is 36.7 Å². The molecule has 0 aliphatic heterocycles. The van der Waals surface area contributed by atoms with Gasteiger partial charge < -0.3 is 16.0 Å². The monoisotopic (exact) mass is 887 g/mol. The highest BCUT2D eigenvalue weighted by molar-refractivity contribution is 7.48. The number of hydrogen-bond donors (Lipinski definition) is 3. The Labute approximate surface area is 367 Å². The molecule has 0 aromatic heterocycles. The zero-order valence-corrected chi connectivity index (χ0v) is 37.8. The van der Waals surface area contributed by atoms with Gasteiger partial charge in [-0.3, -0.25) is 28.0 Å². The third kappa shape index (κ3) is 21.4. The molecule has 3 amide bonds. The summed E-state index contributed by atoms with van der Waals surface area (Å²) in [5.41, 5.74) is 1.01. The molecule has 62 heavy (non-hydrogen) atoms. The smallest absolute Gasteiger partial charge is 0.347 e. The van der Waals surface area contributed by atoms with Crippen LogP contribution in [-0.4, -0.2) is 37.5 Å². The maximum Gasteiger partial charge on any atom is 0.475 e. The second-order valence-corrected chi connectivity index (χ2v) is 17.5. The number of hydrogen-bond acceptors (Lipinski definition) is 7. The zero-order valence-electron chi connectivity index (χ0n) is 36.9. The molecule has 3 N–H and O–H groups in total. The van der Waals surface area contributed by atoms with Crippen LogP contribution in [0.3, 0.4) is 0 Å². The van der Waals surface area contributed by atoms with Gasteiger partial charge in [0.1, 0.15) is 17.5 Å². The van der Waals surface area contributed by atoms with Gasteiger partial charge >= 0.3 is 7.82 Å². The lowest BCUT2D eigenvalue weighted by Crippen LogP contribution is -2.33. The number of carbonyl (C=O) groups is 3. The molecule has 0 aliphatic rings. The van der Waals surface area contributed by atoms with E-state index in [0.717, 1.165) is 77.0 Å². The fourth-order valence-corrected chi connectivity index (χ4v) is 8.13. The summed E-state index contributed by atoms with van der Waals surface area (Å²) in [5.74, 6) is -2.63. The van der Waals surface area contributed by atoms with E-state index < -0.39 is 63.2 Å². The van der Waals surface area contributed by atoms with Gasteiger partial charge in [-0.25, -0.2) is 17.7 Å². The van der Waals surface area contributed by atoms with Crippen LogP contribution in [0.5, 0.6) is 0 Å². The molecule has 3 unspecified atom stereocenters. The van der Waals surface area contributed by atoms with Crippen molar-refractivity contribution in [3.05, 3.63) is 107 Å². The number of amides is 3. The fourth-order valence-electron chi connectivity index (χ4n) is 6.91. The summed E-state index contributed by atoms with van der Waals surface area (Å²) in [6.07, 6.45) is 14.5. The zero-order chi connectivity index (χ0) is 45.0. The van der Waals surface area contributed by atoms with Crippen molar-refractivity contribution in [2.75, 3.05) is 19.8 Å². The van der Waals surface area contributed by atoms with Crippen LogP contribution in [0.1, 0.15) is 171 Å². The summed E-state index contributed by atoms with van der Waals surface area (Å²) in [6, 6.07) is 13.7. The Morgan fingerprint density at radius 3 is 1.00 bits per heavy atom. The van der Waals surface area contributed by atoms with Crippen LogP contribution in [0, 0.1) is 17.5 Å². The van der Waals surface area contributed by atoms with E-state index in [1.54, 1.807) is 18.2 Å². The van der Waals surface area contributed by atoms with Crippen molar-refractivity contribution in [2.24, 2.45) is 0 Å². The van der Waals surface area contributed by atoms with E-state index in [4.69, 9.17) is 13.6 Å². The molecular weight excluding hydrogens is 819 g/mol. The Bertz CT molecular complexity index is 1620. The van der Waals surface area contributed by atoms with Crippen LogP contribution in [0.25, 0.3) is 0 Å². The first kappa shape index (κ1) is 52.3. The third-order valence-electron chi connectivity index (χ3n) is 10.5. The molecule has 344 valence electrons. The topological polar surface area (TPSA) is 132 Å². The Morgan fingerprint density at radius 2 is 0.742 bits per heavy atom. The maximum atomic E-state index is 14.9. The van der Waals surface area contributed by atoms with E-state index in [0.29, 0.717) is 36.0 Å². The summed E-state index contributed by atoms with van der Waals surface area (Å²) in [4.78, 5) is 39.6. The fraction of sp³-hybridized carbons (Fsp3) is 0.562. The number of rotatable bonds is 33. The molecule has 0 aliphatic carbocycles. The Morgan fingerprint density at radius 1 is 0.468 bits per heavy atom. The van der Waals surface area contributed by atoms with Gasteiger partial charge in [0, 0.05) is 19.3 Å². The van der Waals surface area contributed by atoms with Crippen molar-refractivity contribution in [1.29, 1.82) is 0 Å². The number of phosphoric ester groups is 1. The molecule has 0 saturated heterocycles. The van der Waals surface area contributed by atoms with E-state index in [1.165, 1.54) is 54.6 Å². The van der Waals surface area contributed by atoms with Gasteiger partial charge in [0.25, 0.3) is 0 Å². The van der Waals surface area contributed by atoms with Crippen molar-refractivity contribution >= 4 is 25.5 Å². The van der Waals surface area contributed by atoms with Gasteiger partial charge in [-0.05, 0) is 72.4 Å². The first-order valence-electron chi connectivity index (χ1n) is 22.6. The molecule has 10 nitrogen and oxygen atoms in total. The van der Waals surface area contributed by atoms with Crippen LogP contribution in [0.15, 0.2) is 72.8 Å². The van der Waals surface area contributed by atoms with E-state index >= 15 is 0 Å². The average molecular weight is 888 g/mol. The molecule has 14 heteroatoms. The average Bonchev–Trinajstić information content (AvgIpc) is 3.25. The van der Waals surface area contributed by atoms with Gasteiger partial charge in [0.15, 0.2) is 0 Å². The van der Waals surface area contributed by atoms with Gasteiger partial charge in [-0.15, -0.1) is 0 Å². The van der Waals surface area contributed by atoms with Gasteiger partial charge in [0.05, 0.1) is 37.9 Å². The van der Waals surface area contributed by atoms with Crippen LogP contribution in [0.4, 0.5) is 13.2 Å². The second-order valence-electron chi connectivity index (χ2n) is 15.9. The number of benzene rings is 3. The molecule has 3 aromatic carbocycles. The SMILES string of the molecule is CCCCCCCC(=O)NC(COP(=O)(OCC(NC(=O)CCCCCCC)c1cccc(F)c1)OCC(NC(=O)CCCCCCC)c1cccc(F)c1)c1cccc(F)c1. The highest BCUT2D eigenvalue weighted by Crippen LogP contribution is 2.51. The third-order valence-corrected chi connectivity index (χ3v) is 11.9. The molecule has 0 spiro atoms. The molecule has 0 fully saturated rings. The Hall–Kier alpha value is -4.03. The van der Waals surface area contributed by atoms with Gasteiger partial charge in [-0.2, -0.15) is 0 Å². The Balaban J connectivity index is 1.92. The van der Waals surface area contributed by atoms with Gasteiger partial charge in [0.2, 0.25) is 17.7 Å². The molecule has 0 heterocycles. The summed E-state index contributed by atoms with van der Waals surface area (Å²) in [5, 5.41) is 8.62. The predicted octanol–water partition coefficient (Wildman–Crippen LogP) is 12.2. The lowest BCUT2D eigenvalue weighted by Gasteiger charge is -2.27. The van der Waals surface area contributed by atoms with E-state index in [9.17, 15) is 32.1 Å². The molecule has 0 radical (unpaired) electrons. The van der Waals surface area contributed by atoms with E-state index in [-0.39, 0.29) is 37.0 Å². The Kier molecular flexibility index (Phi) is 25.4. The van der Waals surface area contributed by atoms with Crippen molar-refractivity contribution in [1.82, 2.24) is 16.0 Å². The van der Waals surface area contributed by atoms with E-state index in [1.807, 2.05) is 0 Å². The van der Waals surface area contributed by atoms with Crippen LogP contribution in [0.2, 0.25) is 0 Å². The lowest BCUT2D eigenvalue weighted by molar-refractivity contribution is -0.123. The van der Waals surface area contributed by atoms with Crippen molar-refractivity contribution < 1.29 is 45.7 Å². The van der Waals surface area contributed by atoms with Crippen molar-refractivity contribution in [2.45, 2.75) is 154 Å². The number of phosphoric acid groups is 1. The normalized spacial score (nSPS) is 13.8. The molecule has 3 aromatic rings. The first-order chi connectivity index (χ1) is 29.9. The van der Waals surface area contributed by atoms with Gasteiger partial charge in [-0.1, -0.05) is 134 Å². The maximum absolute atomic E-state index is 14.9. The minimum absolute atomic E-state index is 0.210. The summed E-state index contributed by atoms with van der Waals surface area (Å²) in [7, 11) is -4.74. The van der Waals surface area contributed by atoms with Crippen molar-refractivity contribution in [3.8, 4) is 0 Å². The highest BCUT2D eigenvalue weighted by Gasteiger charge is 2.33. The quantitative estimate of drug-likeness (QED) is 0.0410. The molecular formula is C48H69F3N3O7P. The highest BCUT2D eigenvalue weighted by atomic mass is 31.2. The predicted molar refractivity (Wildman–Crippen MR) is 237 cm³/mol. The van der Waals surface area contributed by atoms with Crippen LogP contribution >= 0.6 is 7.82 Å². The minimum Gasteiger partial charge on any atom is -0.347 e. The minimum atomic E-state index is -4.74. The molecule has 0 saturated carbocycles. The molecule has 0 bridgehead atoms. The largest absolute Gasteiger partial charge is 0.475 e. The standard InChI is InChI=1S/C48H69F3N3O7P/c1-4-7-10-13-16-28-46(55)52-43(37-22-19-25-40(49)31-37)34-59-62(58,60-35-44(38-23-20-26-41(50)32-38)53-47(56)29-17-14-11-8-5-2)61-36-45(39-24-21-27-42(51)33-39)54-48(57)30-18-15-12-9-6-3/h19-27,31-33,43-45H,4-18,28-30,34-36H2,1-3H3,(H,52,55)(H,53,56)(H,54,57). The van der Waals surface area contributed by atoms with Crippen LogP contribution < -0.4 is 16.0 Å². The first-order valence-corrected chi connectivity index (χ1v) is 24.1. The lowest BCUT2D eigenvalue weighted by atomic mass is 10.1. The van der Waals surface area contributed by atoms with Crippen LogP contribution in [-0.2, 0) is 32.5 Å². The summed E-state index contributed by atoms with van der Waals surface area (Å²) in [6.45, 7) is 4.82. The summed E-state index contributed by atoms with van der Waals surface area (Å²) < 4.78 is 76.5. The molecule has 3 rings (SSSR count). The number of nitrogens with one attached hydrogen (secondary N) is 3. The number of carbonyl (C=O) groups excluding carboxylic acids is 3. The number of halogens is 3. The summed E-state index contributed by atoms with van der Waals surface area (Å²) >= 11 is 0. The second kappa shape index (κ2) is 30.1. The number of unbranched alkanes of at least 4 members (excludes halogenated alkanes) is 12. The molecule has 3 atom stereocenters. The van der Waals surface area contributed by atoms with Crippen molar-refractivity contribution in [3.63, 3.8) is 0 Å².